The molecule has 1 heterocycles. The van der Waals surface area contributed by atoms with Crippen LogP contribution in [0, 0.1) is 16.1 Å². The van der Waals surface area contributed by atoms with Crippen molar-refractivity contribution in [3.8, 4) is 11.8 Å². The number of aromatic amines is 1. The minimum absolute atomic E-state index is 0.506. The Labute approximate surface area is 133 Å². The molecule has 0 aliphatic heterocycles. The molecule has 1 N–H and O–H groups in total. The van der Waals surface area contributed by atoms with Gasteiger partial charge in [-0.3, -0.25) is 4.57 Å². The second kappa shape index (κ2) is 5.06. The lowest BCUT2D eigenvalue weighted by Gasteiger charge is -2.07. The molecule has 0 atom stereocenters. The van der Waals surface area contributed by atoms with E-state index >= 15 is 0 Å². The average molecular weight is 365 g/mol. The van der Waals surface area contributed by atoms with Crippen LogP contribution in [0.15, 0.2) is 40.9 Å². The Morgan fingerprint density at radius 3 is 2.85 bits per heavy atom. The van der Waals surface area contributed by atoms with Crippen molar-refractivity contribution in [1.29, 1.82) is 5.26 Å². The zero-order valence-corrected chi connectivity index (χ0v) is 13.2. The number of nitrogens with one attached hydrogen (secondary N) is 1. The predicted molar refractivity (Wildman–Crippen MR) is 85.9 cm³/mol. The van der Waals surface area contributed by atoms with Crippen LogP contribution >= 0.6 is 39.7 Å². The van der Waals surface area contributed by atoms with Gasteiger partial charge in [0.2, 0.25) is 0 Å². The van der Waals surface area contributed by atoms with E-state index in [0.717, 1.165) is 21.2 Å². The smallest absolute Gasteiger partial charge is 0.182 e. The third-order valence-corrected chi connectivity index (χ3v) is 4.08. The highest BCUT2D eigenvalue weighted by Gasteiger charge is 2.12. The highest BCUT2D eigenvalue weighted by Crippen LogP contribution is 2.27. The Hall–Kier alpha value is -1.61. The molecule has 0 radical (unpaired) electrons. The van der Waals surface area contributed by atoms with E-state index in [1.165, 1.54) is 0 Å². The van der Waals surface area contributed by atoms with Crippen LogP contribution in [0.25, 0.3) is 16.7 Å². The lowest BCUT2D eigenvalue weighted by molar-refractivity contribution is 1.06. The summed E-state index contributed by atoms with van der Waals surface area (Å²) in [6.45, 7) is 0. The third kappa shape index (κ3) is 2.06. The van der Waals surface area contributed by atoms with E-state index in [1.54, 1.807) is 12.1 Å². The molecule has 1 aromatic heterocycles. The number of rotatable bonds is 1. The van der Waals surface area contributed by atoms with Gasteiger partial charge in [-0.05, 0) is 42.5 Å². The first-order valence-corrected chi connectivity index (χ1v) is 7.29. The van der Waals surface area contributed by atoms with E-state index in [0.29, 0.717) is 15.4 Å². The summed E-state index contributed by atoms with van der Waals surface area (Å²) in [5.41, 5.74) is 2.89. The van der Waals surface area contributed by atoms with Crippen LogP contribution in [0.5, 0.6) is 0 Å². The van der Waals surface area contributed by atoms with Crippen LogP contribution in [0.1, 0.15) is 5.56 Å². The number of nitrogens with zero attached hydrogens (tertiary/aromatic N) is 2. The lowest BCUT2D eigenvalue weighted by atomic mass is 10.2. The Bertz CT molecular complexity index is 920. The zero-order chi connectivity index (χ0) is 14.3. The second-order valence-electron chi connectivity index (χ2n) is 4.17. The summed E-state index contributed by atoms with van der Waals surface area (Å²) in [6, 6.07) is 13.2. The molecule has 20 heavy (non-hydrogen) atoms. The molecular weight excluding hydrogens is 358 g/mol. The molecule has 0 aliphatic rings. The van der Waals surface area contributed by atoms with Gasteiger partial charge < -0.3 is 4.98 Å². The largest absolute Gasteiger partial charge is 0.329 e. The standard InChI is InChI=1S/C14H7BrClN3S/c15-9-4-5-11(8(6-9)7-17)19-12-3-1-2-10(16)13(12)18-14(19)20/h1-6H,(H,18,20). The van der Waals surface area contributed by atoms with Crippen molar-refractivity contribution in [3.05, 3.63) is 56.2 Å². The van der Waals surface area contributed by atoms with Crippen LogP contribution in [0.4, 0.5) is 0 Å². The van der Waals surface area contributed by atoms with Gasteiger partial charge in [0, 0.05) is 4.47 Å². The molecule has 0 bridgehead atoms. The van der Waals surface area contributed by atoms with Gasteiger partial charge in [-0.15, -0.1) is 0 Å². The van der Waals surface area contributed by atoms with E-state index < -0.39 is 0 Å². The van der Waals surface area contributed by atoms with Crippen LogP contribution < -0.4 is 0 Å². The van der Waals surface area contributed by atoms with Crippen molar-refractivity contribution in [2.75, 3.05) is 0 Å². The van der Waals surface area contributed by atoms with Crippen molar-refractivity contribution in [1.82, 2.24) is 9.55 Å². The van der Waals surface area contributed by atoms with Gasteiger partial charge in [-0.2, -0.15) is 5.26 Å². The monoisotopic (exact) mass is 363 g/mol. The molecule has 0 aliphatic carbocycles. The number of nitriles is 1. The minimum atomic E-state index is 0.506. The van der Waals surface area contributed by atoms with Gasteiger partial charge in [0.15, 0.2) is 4.77 Å². The van der Waals surface area contributed by atoms with E-state index in [9.17, 15) is 5.26 Å². The molecule has 6 heteroatoms. The lowest BCUT2D eigenvalue weighted by Crippen LogP contribution is -1.97. The minimum Gasteiger partial charge on any atom is -0.329 e. The maximum absolute atomic E-state index is 9.30. The molecule has 3 rings (SSSR count). The van der Waals surface area contributed by atoms with Crippen LogP contribution in [-0.2, 0) is 0 Å². The van der Waals surface area contributed by atoms with Gasteiger partial charge in [0.25, 0.3) is 0 Å². The summed E-state index contributed by atoms with van der Waals surface area (Å²) in [5.74, 6) is 0. The number of fused-ring (bicyclic) bond motifs is 1. The summed E-state index contributed by atoms with van der Waals surface area (Å²) >= 11 is 14.9. The van der Waals surface area contributed by atoms with E-state index in [2.05, 4.69) is 27.0 Å². The van der Waals surface area contributed by atoms with Gasteiger partial charge in [0.1, 0.15) is 6.07 Å². The fourth-order valence-corrected chi connectivity index (χ4v) is 3.00. The topological polar surface area (TPSA) is 44.5 Å². The number of halogens is 2. The van der Waals surface area contributed by atoms with Crippen molar-refractivity contribution < 1.29 is 0 Å². The molecule has 0 unspecified atom stereocenters. The Morgan fingerprint density at radius 1 is 1.30 bits per heavy atom. The third-order valence-electron chi connectivity index (χ3n) is 2.99. The Kier molecular flexibility index (Phi) is 3.38. The summed E-state index contributed by atoms with van der Waals surface area (Å²) in [7, 11) is 0. The predicted octanol–water partition coefficient (Wildman–Crippen LogP) is 4.98. The molecule has 2 aromatic carbocycles. The molecule has 0 spiro atoms. The molecular formula is C14H7BrClN3S. The highest BCUT2D eigenvalue weighted by molar-refractivity contribution is 9.10. The molecule has 3 nitrogen and oxygen atoms in total. The Balaban J connectivity index is 2.42. The number of aromatic nitrogens is 2. The van der Waals surface area contributed by atoms with Crippen LogP contribution in [-0.4, -0.2) is 9.55 Å². The first-order chi connectivity index (χ1) is 9.61. The number of benzene rings is 2. The van der Waals surface area contributed by atoms with Crippen LogP contribution in [0.2, 0.25) is 5.02 Å². The van der Waals surface area contributed by atoms with Crippen molar-refractivity contribution in [2.24, 2.45) is 0 Å². The number of hydrogen-bond acceptors (Lipinski definition) is 2. The van der Waals surface area contributed by atoms with Gasteiger partial charge >= 0.3 is 0 Å². The summed E-state index contributed by atoms with van der Waals surface area (Å²) in [4.78, 5) is 3.08. The summed E-state index contributed by atoms with van der Waals surface area (Å²) < 4.78 is 3.18. The maximum Gasteiger partial charge on any atom is 0.182 e. The van der Waals surface area contributed by atoms with Gasteiger partial charge in [-0.25, -0.2) is 0 Å². The maximum atomic E-state index is 9.30. The SMILES string of the molecule is N#Cc1cc(Br)ccc1-n1c(=S)[nH]c2c(Cl)cccc21. The van der Waals surface area contributed by atoms with Crippen molar-refractivity contribution in [2.45, 2.75) is 0 Å². The molecule has 0 fully saturated rings. The molecule has 3 aromatic rings. The molecule has 0 saturated carbocycles. The zero-order valence-electron chi connectivity index (χ0n) is 10.0. The summed E-state index contributed by atoms with van der Waals surface area (Å²) in [5, 5.41) is 9.90. The molecule has 0 amide bonds. The van der Waals surface area contributed by atoms with Gasteiger partial charge in [-0.1, -0.05) is 33.6 Å². The quantitative estimate of drug-likeness (QED) is 0.619. The van der Waals surface area contributed by atoms with E-state index in [1.807, 2.05) is 28.8 Å². The van der Waals surface area contributed by atoms with E-state index in [4.69, 9.17) is 23.8 Å². The number of hydrogen-bond donors (Lipinski definition) is 1. The fraction of sp³-hybridized carbons (Fsp3) is 0. The van der Waals surface area contributed by atoms with E-state index in [-0.39, 0.29) is 0 Å². The Morgan fingerprint density at radius 2 is 2.10 bits per heavy atom. The number of H-pyrrole nitrogens is 1. The van der Waals surface area contributed by atoms with Crippen molar-refractivity contribution >= 4 is 50.8 Å². The normalized spacial score (nSPS) is 10.7. The first-order valence-electron chi connectivity index (χ1n) is 5.71. The van der Waals surface area contributed by atoms with Gasteiger partial charge in [0.05, 0.1) is 27.3 Å². The first kappa shape index (κ1) is 13.4. The average Bonchev–Trinajstić information content (AvgIpc) is 2.77. The fourth-order valence-electron chi connectivity index (χ4n) is 2.13. The van der Waals surface area contributed by atoms with Crippen LogP contribution in [0.3, 0.4) is 0 Å². The highest BCUT2D eigenvalue weighted by atomic mass is 79.9. The number of para-hydroxylation sites is 1. The molecule has 98 valence electrons. The summed E-state index contributed by atoms with van der Waals surface area (Å²) in [6.07, 6.45) is 0. The molecule has 0 saturated heterocycles. The number of imidazole rings is 1. The van der Waals surface area contributed by atoms with Crippen molar-refractivity contribution in [3.63, 3.8) is 0 Å². The second-order valence-corrected chi connectivity index (χ2v) is 5.88.